The number of phenolic OH excluding ortho intramolecular Hbond substituents is 1. The van der Waals surface area contributed by atoms with Gasteiger partial charge in [-0.15, -0.1) is 0 Å². The van der Waals surface area contributed by atoms with E-state index >= 15 is 0 Å². The summed E-state index contributed by atoms with van der Waals surface area (Å²) in [7, 11) is 0. The normalized spacial score (nSPS) is 16.2. The number of nitrogens with zero attached hydrogens (tertiary/aromatic N) is 3. The van der Waals surface area contributed by atoms with Crippen LogP contribution in [0.2, 0.25) is 0 Å². The number of benzene rings is 2. The molecule has 174 valence electrons. The van der Waals surface area contributed by atoms with Gasteiger partial charge in [0.05, 0.1) is 28.4 Å². The van der Waals surface area contributed by atoms with Crippen LogP contribution in [0.1, 0.15) is 33.2 Å². The van der Waals surface area contributed by atoms with E-state index in [0.29, 0.717) is 47.6 Å². The quantitative estimate of drug-likeness (QED) is 0.427. The van der Waals surface area contributed by atoms with Gasteiger partial charge in [0.2, 0.25) is 0 Å². The number of pyridine rings is 1. The number of aromatic nitrogens is 3. The lowest BCUT2D eigenvalue weighted by Crippen LogP contribution is -2.49. The molecular formula is C25H23F2N5O2. The number of aromatic hydroxyl groups is 1. The predicted octanol–water partition coefficient (Wildman–Crippen LogP) is 4.01. The van der Waals surface area contributed by atoms with E-state index in [-0.39, 0.29) is 17.2 Å². The van der Waals surface area contributed by atoms with Crippen LogP contribution in [-0.2, 0) is 0 Å². The molecule has 3 heterocycles. The van der Waals surface area contributed by atoms with Crippen molar-refractivity contribution in [3.05, 3.63) is 76.5 Å². The van der Waals surface area contributed by atoms with E-state index in [1.165, 1.54) is 12.1 Å². The second-order valence-corrected chi connectivity index (χ2v) is 8.45. The number of nitrogens with one attached hydrogen (secondary N) is 2. The summed E-state index contributed by atoms with van der Waals surface area (Å²) in [6.45, 7) is 4.79. The van der Waals surface area contributed by atoms with Gasteiger partial charge in [-0.2, -0.15) is 5.10 Å². The Hall–Kier alpha value is -3.85. The number of aromatic amines is 1. The maximum atomic E-state index is 14.7. The molecule has 1 saturated heterocycles. The molecule has 5 rings (SSSR count). The highest BCUT2D eigenvalue weighted by atomic mass is 19.2. The topological polar surface area (TPSA) is 94.1 Å². The average Bonchev–Trinajstić information content (AvgIpc) is 3.20. The van der Waals surface area contributed by atoms with E-state index in [1.807, 2.05) is 6.92 Å². The van der Waals surface area contributed by atoms with Crippen LogP contribution >= 0.6 is 0 Å². The van der Waals surface area contributed by atoms with Gasteiger partial charge in [0.15, 0.2) is 17.3 Å². The Morgan fingerprint density at radius 1 is 1.18 bits per heavy atom. The van der Waals surface area contributed by atoms with Crippen LogP contribution in [0.4, 0.5) is 8.78 Å². The van der Waals surface area contributed by atoms with Crippen LogP contribution in [0.3, 0.4) is 0 Å². The van der Waals surface area contributed by atoms with Crippen LogP contribution in [-0.4, -0.2) is 50.7 Å². The molecule has 1 aliphatic rings. The molecule has 0 saturated carbocycles. The molecule has 0 spiro atoms. The molecule has 34 heavy (non-hydrogen) atoms. The lowest BCUT2D eigenvalue weighted by atomic mass is 9.98. The highest BCUT2D eigenvalue weighted by molar-refractivity contribution is 6.07. The fraction of sp³-hybridized carbons (Fsp3) is 0.240. The summed E-state index contributed by atoms with van der Waals surface area (Å²) in [5.41, 5.74) is 3.67. The third-order valence-corrected chi connectivity index (χ3v) is 6.27. The number of phenols is 1. The molecule has 1 unspecified atom stereocenters. The van der Waals surface area contributed by atoms with Gasteiger partial charge < -0.3 is 15.3 Å². The molecule has 7 nitrogen and oxygen atoms in total. The highest BCUT2D eigenvalue weighted by Crippen LogP contribution is 2.33. The summed E-state index contributed by atoms with van der Waals surface area (Å²) in [5, 5.41) is 20.7. The van der Waals surface area contributed by atoms with Crippen molar-refractivity contribution in [1.29, 1.82) is 0 Å². The number of rotatable bonds is 3. The number of amides is 1. The zero-order valence-electron chi connectivity index (χ0n) is 18.7. The Morgan fingerprint density at radius 3 is 2.79 bits per heavy atom. The minimum absolute atomic E-state index is 0.129. The third kappa shape index (κ3) is 3.67. The van der Waals surface area contributed by atoms with Crippen molar-refractivity contribution in [2.75, 3.05) is 19.6 Å². The van der Waals surface area contributed by atoms with Crippen LogP contribution < -0.4 is 5.32 Å². The number of fused-ring (bicyclic) bond motifs is 1. The van der Waals surface area contributed by atoms with Crippen molar-refractivity contribution in [2.45, 2.75) is 19.9 Å². The van der Waals surface area contributed by atoms with Crippen LogP contribution in [0.25, 0.3) is 22.3 Å². The lowest BCUT2D eigenvalue weighted by molar-refractivity contribution is 0.0631. The fourth-order valence-corrected chi connectivity index (χ4v) is 4.58. The summed E-state index contributed by atoms with van der Waals surface area (Å²) in [4.78, 5) is 20.2. The summed E-state index contributed by atoms with van der Waals surface area (Å²) in [6, 6.07) is 9.97. The number of carbonyl (C=O) groups is 1. The van der Waals surface area contributed by atoms with E-state index in [9.17, 15) is 18.7 Å². The summed E-state index contributed by atoms with van der Waals surface area (Å²) >= 11 is 0. The average molecular weight is 463 g/mol. The van der Waals surface area contributed by atoms with E-state index in [2.05, 4.69) is 20.5 Å². The first-order valence-electron chi connectivity index (χ1n) is 11.0. The summed E-state index contributed by atoms with van der Waals surface area (Å²) < 4.78 is 28.6. The minimum Gasteiger partial charge on any atom is -0.508 e. The van der Waals surface area contributed by atoms with Gasteiger partial charge in [-0.25, -0.2) is 13.8 Å². The van der Waals surface area contributed by atoms with E-state index in [1.54, 1.807) is 36.1 Å². The zero-order chi connectivity index (χ0) is 24.0. The molecule has 1 atom stereocenters. The van der Waals surface area contributed by atoms with Crippen molar-refractivity contribution in [1.82, 2.24) is 25.4 Å². The van der Waals surface area contributed by atoms with Crippen molar-refractivity contribution in [3.63, 3.8) is 0 Å². The molecule has 9 heteroatoms. The smallest absolute Gasteiger partial charge is 0.255 e. The Morgan fingerprint density at radius 2 is 2.00 bits per heavy atom. The molecule has 2 aromatic heterocycles. The van der Waals surface area contributed by atoms with Crippen molar-refractivity contribution in [3.8, 4) is 17.0 Å². The summed E-state index contributed by atoms with van der Waals surface area (Å²) in [6.07, 6.45) is 0. The Kier molecular flexibility index (Phi) is 5.49. The molecule has 0 bridgehead atoms. The first-order chi connectivity index (χ1) is 16.3. The molecule has 3 N–H and O–H groups in total. The van der Waals surface area contributed by atoms with Crippen LogP contribution in [0, 0.1) is 25.5 Å². The Balaban J connectivity index is 1.64. The van der Waals surface area contributed by atoms with E-state index < -0.39 is 17.7 Å². The summed E-state index contributed by atoms with van der Waals surface area (Å²) in [5.74, 6) is -2.08. The maximum Gasteiger partial charge on any atom is 0.255 e. The third-order valence-electron chi connectivity index (χ3n) is 6.27. The number of H-pyrrole nitrogens is 1. The Bertz CT molecular complexity index is 1420. The van der Waals surface area contributed by atoms with E-state index in [0.717, 1.165) is 17.2 Å². The van der Waals surface area contributed by atoms with Gasteiger partial charge in [0.1, 0.15) is 5.75 Å². The van der Waals surface area contributed by atoms with Gasteiger partial charge in [0, 0.05) is 30.8 Å². The van der Waals surface area contributed by atoms with Crippen molar-refractivity contribution in [2.24, 2.45) is 0 Å². The van der Waals surface area contributed by atoms with Gasteiger partial charge in [-0.1, -0.05) is 12.1 Å². The monoisotopic (exact) mass is 463 g/mol. The van der Waals surface area contributed by atoms with Gasteiger partial charge in [-0.3, -0.25) is 9.89 Å². The number of aryl methyl sites for hydroxylation is 2. The van der Waals surface area contributed by atoms with Crippen LogP contribution in [0.5, 0.6) is 5.75 Å². The molecule has 0 radical (unpaired) electrons. The molecule has 1 amide bonds. The second-order valence-electron chi connectivity index (χ2n) is 8.45. The second kappa shape index (κ2) is 8.49. The number of halogens is 2. The maximum absolute atomic E-state index is 14.7. The molecule has 0 aliphatic carbocycles. The molecule has 2 aromatic carbocycles. The largest absolute Gasteiger partial charge is 0.508 e. The first kappa shape index (κ1) is 22.0. The SMILES string of the molecule is Cc1cc(O)ccc1-c1cc(C(=O)N2CCNCC2c2cccc(F)c2F)c2c(C)n[nH]c2n1. The van der Waals surface area contributed by atoms with Crippen molar-refractivity contribution >= 4 is 16.9 Å². The standard InChI is InChI=1S/C25H23F2N5O2/c1-13-10-15(33)6-7-16(13)20-11-18(22-14(2)30-31-24(22)29-20)25(34)32-9-8-28-12-21(32)17-4-3-5-19(26)23(17)27/h3-7,10-11,21,28,33H,8-9,12H2,1-2H3,(H,29,30,31). The molecule has 1 fully saturated rings. The number of hydrogen-bond acceptors (Lipinski definition) is 5. The predicted molar refractivity (Wildman–Crippen MR) is 123 cm³/mol. The highest BCUT2D eigenvalue weighted by Gasteiger charge is 2.33. The molecule has 4 aromatic rings. The number of piperazine rings is 1. The minimum atomic E-state index is -0.950. The fourth-order valence-electron chi connectivity index (χ4n) is 4.58. The number of carbonyl (C=O) groups excluding carboxylic acids is 1. The lowest BCUT2D eigenvalue weighted by Gasteiger charge is -2.37. The molecule has 1 aliphatic heterocycles. The first-order valence-corrected chi connectivity index (χ1v) is 11.0. The van der Waals surface area contributed by atoms with Crippen molar-refractivity contribution < 1.29 is 18.7 Å². The zero-order valence-corrected chi connectivity index (χ0v) is 18.7. The van der Waals surface area contributed by atoms with E-state index in [4.69, 9.17) is 0 Å². The van der Waals surface area contributed by atoms with Gasteiger partial charge in [-0.05, 0) is 49.7 Å². The van der Waals surface area contributed by atoms with Gasteiger partial charge >= 0.3 is 0 Å². The van der Waals surface area contributed by atoms with Gasteiger partial charge in [0.25, 0.3) is 5.91 Å². The molecular weight excluding hydrogens is 440 g/mol. The van der Waals surface area contributed by atoms with Crippen LogP contribution in [0.15, 0.2) is 42.5 Å². The number of hydrogen-bond donors (Lipinski definition) is 3. The Labute approximate surface area is 194 Å².